The van der Waals surface area contributed by atoms with Crippen LogP contribution in [0.4, 0.5) is 5.69 Å². The minimum Gasteiger partial charge on any atom is -0.457 e. The fourth-order valence-corrected chi connectivity index (χ4v) is 1.99. The molecule has 1 heterocycles. The molecule has 0 amide bonds. The van der Waals surface area contributed by atoms with Gasteiger partial charge in [0.2, 0.25) is 0 Å². The highest BCUT2D eigenvalue weighted by molar-refractivity contribution is 5.67. The number of nitriles is 2. The van der Waals surface area contributed by atoms with E-state index in [2.05, 4.69) is 0 Å². The van der Waals surface area contributed by atoms with Gasteiger partial charge in [0.15, 0.2) is 0 Å². The van der Waals surface area contributed by atoms with Gasteiger partial charge in [-0.05, 0) is 37.6 Å². The van der Waals surface area contributed by atoms with E-state index in [0.29, 0.717) is 22.6 Å². The predicted molar refractivity (Wildman–Crippen MR) is 79.5 cm³/mol. The van der Waals surface area contributed by atoms with Crippen LogP contribution >= 0.6 is 0 Å². The van der Waals surface area contributed by atoms with Gasteiger partial charge in [0, 0.05) is 23.3 Å². The van der Waals surface area contributed by atoms with E-state index in [1.165, 1.54) is 12.1 Å². The van der Waals surface area contributed by atoms with Gasteiger partial charge in [-0.2, -0.15) is 10.5 Å². The minimum atomic E-state index is -0.431. The van der Waals surface area contributed by atoms with Crippen molar-refractivity contribution in [2.75, 3.05) is 0 Å². The number of hydrogen-bond donors (Lipinski definition) is 0. The highest BCUT2D eigenvalue weighted by atomic mass is 16.6. The molecule has 0 radical (unpaired) electrons. The average Bonchev–Trinajstić information content (AvgIpc) is 2.95. The molecule has 2 rings (SSSR count). The first-order valence-corrected chi connectivity index (χ1v) is 6.34. The van der Waals surface area contributed by atoms with Crippen molar-refractivity contribution in [1.29, 1.82) is 10.5 Å². The van der Waals surface area contributed by atoms with Crippen molar-refractivity contribution < 1.29 is 9.34 Å². The molecule has 1 aromatic heterocycles. The Labute approximate surface area is 126 Å². The second-order valence-corrected chi connectivity index (χ2v) is 4.68. The highest BCUT2D eigenvalue weighted by Gasteiger charge is 2.16. The van der Waals surface area contributed by atoms with Crippen molar-refractivity contribution in [3.05, 3.63) is 56.8 Å². The number of nitro groups is 1. The third kappa shape index (κ3) is 2.87. The van der Waals surface area contributed by atoms with Crippen LogP contribution in [0.15, 0.2) is 34.3 Å². The quantitative estimate of drug-likeness (QED) is 0.485. The molecule has 2 aromatic rings. The van der Waals surface area contributed by atoms with Gasteiger partial charge in [0.1, 0.15) is 29.2 Å². The standard InChI is InChI=1S/C16H11N3O3/c1-10-5-13(7-15(11(10)2)19(20)21)16-4-3-14(22-16)6-12(8-17)9-18/h3-7H,1-2H3. The maximum absolute atomic E-state index is 11.1. The van der Waals surface area contributed by atoms with Crippen LogP contribution in [-0.4, -0.2) is 4.92 Å². The predicted octanol–water partition coefficient (Wildman–Crippen LogP) is 3.90. The molecule has 6 nitrogen and oxygen atoms in total. The first-order valence-electron chi connectivity index (χ1n) is 6.34. The molecule has 0 saturated carbocycles. The van der Waals surface area contributed by atoms with Crippen LogP contribution in [0.3, 0.4) is 0 Å². The number of aryl methyl sites for hydroxylation is 1. The van der Waals surface area contributed by atoms with E-state index in [1.54, 1.807) is 44.2 Å². The van der Waals surface area contributed by atoms with E-state index in [1.807, 2.05) is 0 Å². The van der Waals surface area contributed by atoms with Gasteiger partial charge < -0.3 is 4.42 Å². The molecule has 0 aliphatic carbocycles. The summed E-state index contributed by atoms with van der Waals surface area (Å²) < 4.78 is 5.53. The zero-order valence-electron chi connectivity index (χ0n) is 12.0. The third-order valence-corrected chi connectivity index (χ3v) is 3.28. The summed E-state index contributed by atoms with van der Waals surface area (Å²) in [4.78, 5) is 10.6. The van der Waals surface area contributed by atoms with Gasteiger partial charge >= 0.3 is 0 Å². The molecule has 0 atom stereocenters. The van der Waals surface area contributed by atoms with Crippen LogP contribution in [-0.2, 0) is 0 Å². The van der Waals surface area contributed by atoms with E-state index in [4.69, 9.17) is 14.9 Å². The molecule has 0 spiro atoms. The molecule has 108 valence electrons. The maximum Gasteiger partial charge on any atom is 0.273 e. The van der Waals surface area contributed by atoms with Crippen molar-refractivity contribution in [2.45, 2.75) is 13.8 Å². The first kappa shape index (κ1) is 15.0. The topological polar surface area (TPSA) is 104 Å². The summed E-state index contributed by atoms with van der Waals surface area (Å²) in [5, 5.41) is 28.5. The second kappa shape index (κ2) is 5.94. The molecule has 22 heavy (non-hydrogen) atoms. The summed E-state index contributed by atoms with van der Waals surface area (Å²) in [6.45, 7) is 3.48. The van der Waals surface area contributed by atoms with Crippen molar-refractivity contribution in [3.63, 3.8) is 0 Å². The van der Waals surface area contributed by atoms with Gasteiger partial charge in [-0.1, -0.05) is 0 Å². The summed E-state index contributed by atoms with van der Waals surface area (Å²) in [5.41, 5.74) is 1.92. The van der Waals surface area contributed by atoms with Crippen molar-refractivity contribution >= 4 is 11.8 Å². The van der Waals surface area contributed by atoms with E-state index in [-0.39, 0.29) is 11.3 Å². The molecule has 0 aliphatic rings. The van der Waals surface area contributed by atoms with Crippen LogP contribution < -0.4 is 0 Å². The summed E-state index contributed by atoms with van der Waals surface area (Å²) in [6.07, 6.45) is 1.32. The Morgan fingerprint density at radius 2 is 1.95 bits per heavy atom. The Bertz CT molecular complexity index is 848. The van der Waals surface area contributed by atoms with Crippen LogP contribution in [0.25, 0.3) is 17.4 Å². The minimum absolute atomic E-state index is 0.0261. The Morgan fingerprint density at radius 3 is 2.55 bits per heavy atom. The number of benzene rings is 1. The molecule has 0 bridgehead atoms. The first-order chi connectivity index (χ1) is 10.5. The van der Waals surface area contributed by atoms with E-state index < -0.39 is 4.92 Å². The number of hydrogen-bond acceptors (Lipinski definition) is 5. The fraction of sp³-hybridized carbons (Fsp3) is 0.125. The maximum atomic E-state index is 11.1. The highest BCUT2D eigenvalue weighted by Crippen LogP contribution is 2.31. The van der Waals surface area contributed by atoms with Crippen LogP contribution in [0.2, 0.25) is 0 Å². The second-order valence-electron chi connectivity index (χ2n) is 4.68. The number of nitro benzene ring substituents is 1. The van der Waals surface area contributed by atoms with Crippen molar-refractivity contribution in [1.82, 2.24) is 0 Å². The molecule has 0 unspecified atom stereocenters. The van der Waals surface area contributed by atoms with E-state index >= 15 is 0 Å². The number of nitrogens with zero attached hydrogens (tertiary/aromatic N) is 3. The van der Waals surface area contributed by atoms with E-state index in [0.717, 1.165) is 5.56 Å². The molecule has 0 aliphatic heterocycles. The van der Waals surface area contributed by atoms with Crippen molar-refractivity contribution in [3.8, 4) is 23.5 Å². The summed E-state index contributed by atoms with van der Waals surface area (Å²) in [5.74, 6) is 0.779. The zero-order valence-corrected chi connectivity index (χ0v) is 12.0. The monoisotopic (exact) mass is 293 g/mol. The zero-order chi connectivity index (χ0) is 16.3. The smallest absolute Gasteiger partial charge is 0.273 e. The molecular formula is C16H11N3O3. The Kier molecular flexibility index (Phi) is 4.06. The van der Waals surface area contributed by atoms with Crippen LogP contribution in [0.5, 0.6) is 0 Å². The molecule has 0 N–H and O–H groups in total. The van der Waals surface area contributed by atoms with Gasteiger partial charge in [0.25, 0.3) is 5.69 Å². The molecule has 0 saturated heterocycles. The Balaban J connectivity index is 2.49. The molecule has 1 aromatic carbocycles. The summed E-state index contributed by atoms with van der Waals surface area (Å²) in [6, 6.07) is 9.97. The van der Waals surface area contributed by atoms with Gasteiger partial charge in [0.05, 0.1) is 4.92 Å². The summed E-state index contributed by atoms with van der Waals surface area (Å²) >= 11 is 0. The largest absolute Gasteiger partial charge is 0.457 e. The lowest BCUT2D eigenvalue weighted by atomic mass is 10.0. The molecule has 6 heteroatoms. The molecular weight excluding hydrogens is 282 g/mol. The fourth-order valence-electron chi connectivity index (χ4n) is 1.99. The van der Waals surface area contributed by atoms with Gasteiger partial charge in [-0.25, -0.2) is 0 Å². The van der Waals surface area contributed by atoms with Gasteiger partial charge in [-0.3, -0.25) is 10.1 Å². The number of furan rings is 1. The van der Waals surface area contributed by atoms with Gasteiger partial charge in [-0.15, -0.1) is 0 Å². The Morgan fingerprint density at radius 1 is 1.27 bits per heavy atom. The third-order valence-electron chi connectivity index (χ3n) is 3.28. The van der Waals surface area contributed by atoms with E-state index in [9.17, 15) is 10.1 Å². The average molecular weight is 293 g/mol. The number of allylic oxidation sites excluding steroid dienone is 1. The Hall–Kier alpha value is -3.38. The van der Waals surface area contributed by atoms with Crippen LogP contribution in [0.1, 0.15) is 16.9 Å². The number of rotatable bonds is 3. The lowest BCUT2D eigenvalue weighted by molar-refractivity contribution is -0.385. The lowest BCUT2D eigenvalue weighted by Gasteiger charge is -2.04. The SMILES string of the molecule is Cc1cc(-c2ccc(C=C(C#N)C#N)o2)cc([N+](=O)[O-])c1C. The molecule has 0 fully saturated rings. The van der Waals surface area contributed by atoms with Crippen LogP contribution in [0, 0.1) is 46.6 Å². The van der Waals surface area contributed by atoms with Crippen molar-refractivity contribution in [2.24, 2.45) is 0 Å². The normalized spacial score (nSPS) is 9.64. The lowest BCUT2D eigenvalue weighted by Crippen LogP contribution is -1.94. The summed E-state index contributed by atoms with van der Waals surface area (Å²) in [7, 11) is 0.